The largest absolute Gasteiger partial charge is 0.483 e. The van der Waals surface area contributed by atoms with Crippen LogP contribution in [0.15, 0.2) is 29.4 Å². The molecular formula is C18H22N6O2S2. The maximum absolute atomic E-state index is 12.1. The number of anilines is 1. The number of aromatic nitrogens is 5. The second-order valence-corrected chi connectivity index (χ2v) is 8.17. The minimum atomic E-state index is -0.266. The Morgan fingerprint density at radius 3 is 2.68 bits per heavy atom. The van der Waals surface area contributed by atoms with Crippen molar-refractivity contribution < 1.29 is 9.53 Å². The van der Waals surface area contributed by atoms with Crippen molar-refractivity contribution in [1.82, 2.24) is 25.0 Å². The predicted octanol–water partition coefficient (Wildman–Crippen LogP) is 3.41. The van der Waals surface area contributed by atoms with Crippen LogP contribution in [-0.4, -0.2) is 36.6 Å². The van der Waals surface area contributed by atoms with E-state index in [-0.39, 0.29) is 17.8 Å². The number of ether oxygens (including phenoxy) is 1. The Morgan fingerprint density at radius 1 is 1.25 bits per heavy atom. The maximum Gasteiger partial charge on any atom is 0.236 e. The third kappa shape index (κ3) is 5.08. The molecule has 0 spiro atoms. The fourth-order valence-corrected chi connectivity index (χ4v) is 3.83. The van der Waals surface area contributed by atoms with E-state index >= 15 is 0 Å². The van der Waals surface area contributed by atoms with Crippen LogP contribution in [0, 0.1) is 6.92 Å². The molecule has 0 fully saturated rings. The molecule has 0 aliphatic heterocycles. The van der Waals surface area contributed by atoms with Crippen LogP contribution >= 0.6 is 23.1 Å². The third-order valence-electron chi connectivity index (χ3n) is 3.91. The van der Waals surface area contributed by atoms with Gasteiger partial charge < -0.3 is 9.30 Å². The van der Waals surface area contributed by atoms with Gasteiger partial charge in [0, 0.05) is 7.05 Å². The van der Waals surface area contributed by atoms with Crippen molar-refractivity contribution in [2.24, 2.45) is 7.05 Å². The van der Waals surface area contributed by atoms with Crippen LogP contribution in [0.4, 0.5) is 5.13 Å². The summed E-state index contributed by atoms with van der Waals surface area (Å²) >= 11 is 2.69. The van der Waals surface area contributed by atoms with E-state index in [1.165, 1.54) is 28.7 Å². The second-order valence-electron chi connectivity index (χ2n) is 6.16. The summed E-state index contributed by atoms with van der Waals surface area (Å²) in [6.45, 7) is 5.95. The summed E-state index contributed by atoms with van der Waals surface area (Å²) in [5.74, 6) is 1.52. The fourth-order valence-electron chi connectivity index (χ4n) is 2.41. The Kier molecular flexibility index (Phi) is 6.63. The van der Waals surface area contributed by atoms with Gasteiger partial charge in [-0.25, -0.2) is 0 Å². The SMILES string of the molecule is CCc1nnc(NC(=O)CSc2nnc(C(C)Oc3ccc(C)cc3)n2C)s1. The van der Waals surface area contributed by atoms with Gasteiger partial charge in [0.1, 0.15) is 10.8 Å². The molecule has 10 heteroatoms. The standard InChI is InChI=1S/C18H22N6O2S2/c1-5-15-20-22-17(28-15)19-14(25)10-27-18-23-21-16(24(18)4)12(3)26-13-8-6-11(2)7-9-13/h6-9,12H,5,10H2,1-4H3,(H,19,22,25). The van der Waals surface area contributed by atoms with Crippen molar-refractivity contribution in [3.63, 3.8) is 0 Å². The third-order valence-corrected chi connectivity index (χ3v) is 5.92. The first-order valence-electron chi connectivity index (χ1n) is 8.84. The Hall–Kier alpha value is -2.46. The number of carbonyl (C=O) groups is 1. The number of aryl methyl sites for hydroxylation is 2. The summed E-state index contributed by atoms with van der Waals surface area (Å²) in [5.41, 5.74) is 1.18. The monoisotopic (exact) mass is 418 g/mol. The molecule has 1 aromatic carbocycles. The van der Waals surface area contributed by atoms with E-state index in [4.69, 9.17) is 4.74 Å². The van der Waals surface area contributed by atoms with Crippen molar-refractivity contribution in [3.05, 3.63) is 40.7 Å². The van der Waals surface area contributed by atoms with Gasteiger partial charge in [-0.1, -0.05) is 47.7 Å². The smallest absolute Gasteiger partial charge is 0.236 e. The number of amides is 1. The normalized spacial score (nSPS) is 12.0. The Labute approximate surface area is 171 Å². The van der Waals surface area contributed by atoms with Crippen LogP contribution in [0.1, 0.15) is 36.3 Å². The van der Waals surface area contributed by atoms with Gasteiger partial charge in [0.2, 0.25) is 11.0 Å². The molecule has 1 N–H and O–H groups in total. The highest BCUT2D eigenvalue weighted by molar-refractivity contribution is 7.99. The average molecular weight is 419 g/mol. The number of rotatable bonds is 8. The van der Waals surface area contributed by atoms with Crippen LogP contribution in [0.2, 0.25) is 0 Å². The lowest BCUT2D eigenvalue weighted by molar-refractivity contribution is -0.113. The van der Waals surface area contributed by atoms with E-state index in [1.54, 1.807) is 0 Å². The van der Waals surface area contributed by atoms with Gasteiger partial charge in [-0.15, -0.1) is 20.4 Å². The first-order valence-corrected chi connectivity index (χ1v) is 10.6. The van der Waals surface area contributed by atoms with E-state index < -0.39 is 0 Å². The highest BCUT2D eigenvalue weighted by Crippen LogP contribution is 2.24. The molecule has 2 aromatic heterocycles. The molecule has 1 unspecified atom stereocenters. The fraction of sp³-hybridized carbons (Fsp3) is 0.389. The minimum Gasteiger partial charge on any atom is -0.483 e. The minimum absolute atomic E-state index is 0.155. The van der Waals surface area contributed by atoms with Gasteiger partial charge in [0.05, 0.1) is 5.75 Å². The molecule has 0 aliphatic rings. The molecule has 0 saturated heterocycles. The molecule has 1 amide bonds. The summed E-state index contributed by atoms with van der Waals surface area (Å²) in [4.78, 5) is 12.1. The summed E-state index contributed by atoms with van der Waals surface area (Å²) in [7, 11) is 1.86. The van der Waals surface area contributed by atoms with Gasteiger partial charge in [-0.2, -0.15) is 0 Å². The highest BCUT2D eigenvalue weighted by atomic mass is 32.2. The molecule has 0 radical (unpaired) electrons. The number of nitrogens with one attached hydrogen (secondary N) is 1. The van der Waals surface area contributed by atoms with Gasteiger partial charge in [0.15, 0.2) is 17.1 Å². The van der Waals surface area contributed by atoms with Crippen LogP contribution in [0.3, 0.4) is 0 Å². The predicted molar refractivity (Wildman–Crippen MR) is 110 cm³/mol. The molecule has 1 atom stereocenters. The molecule has 8 nitrogen and oxygen atoms in total. The zero-order valence-electron chi connectivity index (χ0n) is 16.2. The lowest BCUT2D eigenvalue weighted by atomic mass is 10.2. The van der Waals surface area contributed by atoms with E-state index in [2.05, 4.69) is 25.7 Å². The lowest BCUT2D eigenvalue weighted by Gasteiger charge is -2.14. The number of nitrogens with zero attached hydrogens (tertiary/aromatic N) is 5. The van der Waals surface area contributed by atoms with Crippen LogP contribution in [0.5, 0.6) is 5.75 Å². The zero-order valence-corrected chi connectivity index (χ0v) is 17.8. The summed E-state index contributed by atoms with van der Waals surface area (Å²) in [6, 6.07) is 7.86. The molecule has 2 heterocycles. The quantitative estimate of drug-likeness (QED) is 0.560. The van der Waals surface area contributed by atoms with E-state index in [9.17, 15) is 4.79 Å². The van der Waals surface area contributed by atoms with Crippen molar-refractivity contribution in [1.29, 1.82) is 0 Å². The summed E-state index contributed by atoms with van der Waals surface area (Å²) in [6.07, 6.45) is 0.532. The number of benzene rings is 1. The number of thioether (sulfide) groups is 1. The zero-order chi connectivity index (χ0) is 20.1. The molecule has 3 rings (SSSR count). The highest BCUT2D eigenvalue weighted by Gasteiger charge is 2.18. The van der Waals surface area contributed by atoms with E-state index in [1.807, 2.05) is 56.7 Å². The van der Waals surface area contributed by atoms with Crippen molar-refractivity contribution >= 4 is 34.1 Å². The van der Waals surface area contributed by atoms with Gasteiger partial charge in [0.25, 0.3) is 0 Å². The Bertz CT molecular complexity index is 938. The maximum atomic E-state index is 12.1. The molecule has 28 heavy (non-hydrogen) atoms. The van der Waals surface area contributed by atoms with Crippen LogP contribution < -0.4 is 10.1 Å². The Balaban J connectivity index is 1.56. The average Bonchev–Trinajstić information content (AvgIpc) is 3.28. The topological polar surface area (TPSA) is 94.8 Å². The van der Waals surface area contributed by atoms with Crippen LogP contribution in [-0.2, 0) is 18.3 Å². The number of hydrogen-bond donors (Lipinski definition) is 1. The van der Waals surface area contributed by atoms with Gasteiger partial charge >= 0.3 is 0 Å². The lowest BCUT2D eigenvalue weighted by Crippen LogP contribution is -2.14. The van der Waals surface area contributed by atoms with E-state index in [0.717, 1.165) is 17.2 Å². The summed E-state index contributed by atoms with van der Waals surface area (Å²) in [5, 5.41) is 21.2. The van der Waals surface area contributed by atoms with Crippen molar-refractivity contribution in [2.45, 2.75) is 38.5 Å². The Morgan fingerprint density at radius 2 is 2.00 bits per heavy atom. The summed E-state index contributed by atoms with van der Waals surface area (Å²) < 4.78 is 7.79. The first-order chi connectivity index (χ1) is 13.5. The molecule has 0 bridgehead atoms. The first kappa shape index (κ1) is 20.3. The van der Waals surface area contributed by atoms with Crippen molar-refractivity contribution in [2.75, 3.05) is 11.1 Å². The second kappa shape index (κ2) is 9.16. The van der Waals surface area contributed by atoms with Crippen LogP contribution in [0.25, 0.3) is 0 Å². The van der Waals surface area contributed by atoms with Crippen molar-refractivity contribution in [3.8, 4) is 5.75 Å². The molecule has 0 aliphatic carbocycles. The molecule has 148 valence electrons. The molecule has 3 aromatic rings. The van der Waals surface area contributed by atoms with E-state index in [0.29, 0.717) is 16.1 Å². The molecule has 0 saturated carbocycles. The van der Waals surface area contributed by atoms with Gasteiger partial charge in [-0.05, 0) is 32.4 Å². The number of carbonyl (C=O) groups excluding carboxylic acids is 1. The number of hydrogen-bond acceptors (Lipinski definition) is 8. The van der Waals surface area contributed by atoms with Gasteiger partial charge in [-0.3, -0.25) is 10.1 Å². The molecular weight excluding hydrogens is 396 g/mol.